The molecule has 142 valence electrons. The summed E-state index contributed by atoms with van der Waals surface area (Å²) in [6.45, 7) is 1.47. The molecule has 2 aromatic carbocycles. The Hall–Kier alpha value is -2.26. The zero-order valence-electron chi connectivity index (χ0n) is 14.3. The molecule has 0 aromatic heterocycles. The molecular formula is C17H18F3NO4S. The van der Waals surface area contributed by atoms with Gasteiger partial charge in [-0.25, -0.2) is 13.1 Å². The second-order valence-electron chi connectivity index (χ2n) is 5.48. The maximum atomic E-state index is 12.8. The number of benzene rings is 2. The molecule has 0 unspecified atom stereocenters. The molecule has 9 heteroatoms. The Morgan fingerprint density at radius 3 is 2.23 bits per heavy atom. The standard InChI is InChI=1S/C17H18F3NO4S/c1-11(12-5-4-6-13(9-12)17(18,19)20)21-26(22,23)14-7-8-15(24-2)16(10-14)25-3/h4-11,21H,1-3H3/t11-/m1/s1. The predicted molar refractivity (Wildman–Crippen MR) is 89.7 cm³/mol. The highest BCUT2D eigenvalue weighted by atomic mass is 32.2. The first-order valence-electron chi connectivity index (χ1n) is 7.50. The van der Waals surface area contributed by atoms with Gasteiger partial charge in [0.2, 0.25) is 10.0 Å². The Morgan fingerprint density at radius 1 is 1.00 bits per heavy atom. The first-order valence-corrected chi connectivity index (χ1v) is 8.98. The number of alkyl halides is 3. The van der Waals surface area contributed by atoms with Crippen LogP contribution in [-0.4, -0.2) is 22.6 Å². The molecule has 2 rings (SSSR count). The molecule has 0 amide bonds. The molecule has 0 spiro atoms. The van der Waals surface area contributed by atoms with Gasteiger partial charge in [0.1, 0.15) is 0 Å². The van der Waals surface area contributed by atoms with Gasteiger partial charge in [-0.05, 0) is 36.8 Å². The minimum absolute atomic E-state index is 0.0889. The number of ether oxygens (including phenoxy) is 2. The zero-order chi connectivity index (χ0) is 19.5. The monoisotopic (exact) mass is 389 g/mol. The summed E-state index contributed by atoms with van der Waals surface area (Å²) in [4.78, 5) is -0.0889. The number of sulfonamides is 1. The Balaban J connectivity index is 2.29. The molecule has 0 bridgehead atoms. The molecule has 2 aromatic rings. The van der Waals surface area contributed by atoms with Crippen molar-refractivity contribution in [1.82, 2.24) is 4.72 Å². The van der Waals surface area contributed by atoms with Gasteiger partial charge in [-0.3, -0.25) is 0 Å². The third-order valence-electron chi connectivity index (χ3n) is 3.71. The topological polar surface area (TPSA) is 64.6 Å². The summed E-state index contributed by atoms with van der Waals surface area (Å²) in [7, 11) is -1.20. The van der Waals surface area contributed by atoms with E-state index in [9.17, 15) is 21.6 Å². The fourth-order valence-corrected chi connectivity index (χ4v) is 3.58. The van der Waals surface area contributed by atoms with Gasteiger partial charge in [0, 0.05) is 12.1 Å². The first kappa shape index (κ1) is 20.1. The van der Waals surface area contributed by atoms with E-state index in [1.54, 1.807) is 0 Å². The van der Waals surface area contributed by atoms with Crippen LogP contribution >= 0.6 is 0 Å². The highest BCUT2D eigenvalue weighted by Gasteiger charge is 2.31. The minimum atomic E-state index is -4.50. The number of hydrogen-bond donors (Lipinski definition) is 1. The second-order valence-corrected chi connectivity index (χ2v) is 7.20. The van der Waals surface area contributed by atoms with E-state index in [2.05, 4.69) is 4.72 Å². The van der Waals surface area contributed by atoms with Crippen LogP contribution in [0.15, 0.2) is 47.4 Å². The van der Waals surface area contributed by atoms with E-state index in [0.29, 0.717) is 5.75 Å². The Bertz CT molecular complexity index is 882. The molecule has 0 radical (unpaired) electrons. The molecule has 26 heavy (non-hydrogen) atoms. The van der Waals surface area contributed by atoms with Crippen LogP contribution in [0.25, 0.3) is 0 Å². The maximum Gasteiger partial charge on any atom is 0.416 e. The van der Waals surface area contributed by atoms with Gasteiger partial charge < -0.3 is 9.47 Å². The normalized spacial score (nSPS) is 13.3. The summed E-state index contributed by atoms with van der Waals surface area (Å²) < 4.78 is 76.0. The Kier molecular flexibility index (Phi) is 5.82. The van der Waals surface area contributed by atoms with Crippen LogP contribution in [0.2, 0.25) is 0 Å². The Labute approximate surface area is 149 Å². The van der Waals surface area contributed by atoms with Gasteiger partial charge in [0.05, 0.1) is 24.7 Å². The van der Waals surface area contributed by atoms with E-state index >= 15 is 0 Å². The number of rotatable bonds is 6. The van der Waals surface area contributed by atoms with E-state index in [0.717, 1.165) is 12.1 Å². The molecule has 0 aliphatic heterocycles. The molecule has 1 N–H and O–H groups in total. The summed E-state index contributed by atoms with van der Waals surface area (Å²) in [5, 5.41) is 0. The molecule has 0 heterocycles. The average Bonchev–Trinajstić information content (AvgIpc) is 2.60. The molecule has 1 atom stereocenters. The number of nitrogens with one attached hydrogen (secondary N) is 1. The van der Waals surface area contributed by atoms with Crippen LogP contribution in [0, 0.1) is 0 Å². The highest BCUT2D eigenvalue weighted by molar-refractivity contribution is 7.89. The van der Waals surface area contributed by atoms with Crippen LogP contribution in [0.5, 0.6) is 11.5 Å². The van der Waals surface area contributed by atoms with Crippen molar-refractivity contribution in [2.24, 2.45) is 0 Å². The fraction of sp³-hybridized carbons (Fsp3) is 0.294. The van der Waals surface area contributed by atoms with Crippen LogP contribution in [0.1, 0.15) is 24.1 Å². The molecular weight excluding hydrogens is 371 g/mol. The van der Waals surface area contributed by atoms with Crippen LogP contribution in [0.3, 0.4) is 0 Å². The van der Waals surface area contributed by atoms with Crippen molar-refractivity contribution in [3.63, 3.8) is 0 Å². The summed E-state index contributed by atoms with van der Waals surface area (Å²) >= 11 is 0. The molecule has 0 fully saturated rings. The molecule has 0 saturated heterocycles. The van der Waals surface area contributed by atoms with E-state index in [-0.39, 0.29) is 16.2 Å². The van der Waals surface area contributed by atoms with E-state index < -0.39 is 27.8 Å². The lowest BCUT2D eigenvalue weighted by Crippen LogP contribution is -2.27. The van der Waals surface area contributed by atoms with Gasteiger partial charge >= 0.3 is 6.18 Å². The third-order valence-corrected chi connectivity index (χ3v) is 5.25. The zero-order valence-corrected chi connectivity index (χ0v) is 15.1. The third kappa shape index (κ3) is 4.47. The fourth-order valence-electron chi connectivity index (χ4n) is 2.34. The first-order chi connectivity index (χ1) is 12.1. The smallest absolute Gasteiger partial charge is 0.416 e. The van der Waals surface area contributed by atoms with Crippen molar-refractivity contribution >= 4 is 10.0 Å². The van der Waals surface area contributed by atoms with Gasteiger partial charge in [0.25, 0.3) is 0 Å². The maximum absolute atomic E-state index is 12.8. The average molecular weight is 389 g/mol. The van der Waals surface area contributed by atoms with E-state index in [4.69, 9.17) is 9.47 Å². The van der Waals surface area contributed by atoms with E-state index in [1.165, 1.54) is 51.5 Å². The predicted octanol–water partition coefficient (Wildman–Crippen LogP) is 3.76. The number of methoxy groups -OCH3 is 2. The van der Waals surface area contributed by atoms with Gasteiger partial charge in [-0.2, -0.15) is 13.2 Å². The lowest BCUT2D eigenvalue weighted by Gasteiger charge is -2.17. The summed E-state index contributed by atoms with van der Waals surface area (Å²) in [6.07, 6.45) is -4.50. The lowest BCUT2D eigenvalue weighted by atomic mass is 10.1. The second kappa shape index (κ2) is 7.55. The van der Waals surface area contributed by atoms with Crippen molar-refractivity contribution in [2.75, 3.05) is 14.2 Å². The summed E-state index contributed by atoms with van der Waals surface area (Å²) in [6, 6.07) is 7.68. The van der Waals surface area contributed by atoms with Crippen molar-refractivity contribution in [3.05, 3.63) is 53.6 Å². The van der Waals surface area contributed by atoms with Gasteiger partial charge in [-0.1, -0.05) is 12.1 Å². The van der Waals surface area contributed by atoms with Crippen molar-refractivity contribution in [2.45, 2.75) is 24.0 Å². The number of hydrogen-bond acceptors (Lipinski definition) is 4. The van der Waals surface area contributed by atoms with Crippen LogP contribution in [-0.2, 0) is 16.2 Å². The largest absolute Gasteiger partial charge is 0.493 e. The SMILES string of the molecule is COc1ccc(S(=O)(=O)N[C@H](C)c2cccc(C(F)(F)F)c2)cc1OC. The summed E-state index contributed by atoms with van der Waals surface area (Å²) in [5.41, 5.74) is -0.643. The van der Waals surface area contributed by atoms with Crippen molar-refractivity contribution in [3.8, 4) is 11.5 Å². The molecule has 5 nitrogen and oxygen atoms in total. The van der Waals surface area contributed by atoms with Gasteiger partial charge in [0.15, 0.2) is 11.5 Å². The minimum Gasteiger partial charge on any atom is -0.493 e. The molecule has 0 aliphatic rings. The van der Waals surface area contributed by atoms with Crippen molar-refractivity contribution in [1.29, 1.82) is 0 Å². The van der Waals surface area contributed by atoms with Crippen LogP contribution < -0.4 is 14.2 Å². The Morgan fingerprint density at radius 2 is 1.65 bits per heavy atom. The van der Waals surface area contributed by atoms with Gasteiger partial charge in [-0.15, -0.1) is 0 Å². The lowest BCUT2D eigenvalue weighted by molar-refractivity contribution is -0.137. The highest BCUT2D eigenvalue weighted by Crippen LogP contribution is 2.32. The van der Waals surface area contributed by atoms with E-state index in [1.807, 2.05) is 0 Å². The number of halogens is 3. The van der Waals surface area contributed by atoms with Crippen molar-refractivity contribution < 1.29 is 31.1 Å². The summed E-state index contributed by atoms with van der Waals surface area (Å²) in [5.74, 6) is 0.583. The molecule has 0 aliphatic carbocycles. The molecule has 0 saturated carbocycles. The quantitative estimate of drug-likeness (QED) is 0.817. The van der Waals surface area contributed by atoms with Crippen LogP contribution in [0.4, 0.5) is 13.2 Å².